The van der Waals surface area contributed by atoms with Gasteiger partial charge in [-0.3, -0.25) is 0 Å². The average Bonchev–Trinajstić information content (AvgIpc) is 2.59. The van der Waals surface area contributed by atoms with Gasteiger partial charge in [0.05, 0.1) is 7.11 Å². The fraction of sp³-hybridized carbons (Fsp3) is 0.364. The Morgan fingerprint density at radius 3 is 2.57 bits per heavy atom. The lowest BCUT2D eigenvalue weighted by atomic mass is 9.77. The van der Waals surface area contributed by atoms with Gasteiger partial charge in [0.1, 0.15) is 5.75 Å². The molecule has 0 N–H and O–H groups in total. The van der Waals surface area contributed by atoms with Gasteiger partial charge < -0.3 is 4.74 Å². The van der Waals surface area contributed by atoms with E-state index in [2.05, 4.69) is 75.4 Å². The van der Waals surface area contributed by atoms with E-state index in [9.17, 15) is 0 Å². The molecule has 122 valence electrons. The minimum absolute atomic E-state index is 0.0207. The molecule has 0 unspecified atom stereocenters. The second kappa shape index (κ2) is 8.01. The molecule has 0 aliphatic carbocycles. The van der Waals surface area contributed by atoms with Crippen molar-refractivity contribution >= 4 is 6.08 Å². The summed E-state index contributed by atoms with van der Waals surface area (Å²) in [5.74, 6) is 0.925. The molecular formula is C22H28O. The number of aryl methyl sites for hydroxylation is 1. The number of hydrogen-bond donors (Lipinski definition) is 0. The summed E-state index contributed by atoms with van der Waals surface area (Å²) in [6.45, 7) is 6.73. The van der Waals surface area contributed by atoms with Crippen molar-refractivity contribution in [1.82, 2.24) is 0 Å². The maximum Gasteiger partial charge on any atom is 0.119 e. The summed E-state index contributed by atoms with van der Waals surface area (Å²) in [5, 5.41) is 0. The molecule has 1 atom stereocenters. The summed E-state index contributed by atoms with van der Waals surface area (Å²) in [5.41, 5.74) is 3.94. The first-order chi connectivity index (χ1) is 11.1. The van der Waals surface area contributed by atoms with E-state index in [-0.39, 0.29) is 5.41 Å². The highest BCUT2D eigenvalue weighted by Crippen LogP contribution is 2.34. The average molecular weight is 308 g/mol. The maximum absolute atomic E-state index is 5.41. The van der Waals surface area contributed by atoms with E-state index < -0.39 is 0 Å². The molecule has 0 radical (unpaired) electrons. The number of rotatable bonds is 7. The normalized spacial score (nSPS) is 13.9. The number of benzene rings is 2. The molecule has 2 aromatic carbocycles. The first-order valence-corrected chi connectivity index (χ1v) is 8.48. The van der Waals surface area contributed by atoms with Crippen LogP contribution in [0.15, 0.2) is 54.6 Å². The molecule has 0 saturated carbocycles. The van der Waals surface area contributed by atoms with Gasteiger partial charge in [0.2, 0.25) is 0 Å². The van der Waals surface area contributed by atoms with Crippen molar-refractivity contribution in [2.45, 2.75) is 45.4 Å². The third-order valence-electron chi connectivity index (χ3n) is 4.60. The van der Waals surface area contributed by atoms with Crippen LogP contribution in [-0.4, -0.2) is 7.11 Å². The Morgan fingerprint density at radius 1 is 1.09 bits per heavy atom. The van der Waals surface area contributed by atoms with Gasteiger partial charge >= 0.3 is 0 Å². The fourth-order valence-electron chi connectivity index (χ4n) is 2.89. The minimum Gasteiger partial charge on any atom is -0.497 e. The van der Waals surface area contributed by atoms with Gasteiger partial charge in [0.15, 0.2) is 0 Å². The van der Waals surface area contributed by atoms with Crippen molar-refractivity contribution in [1.29, 1.82) is 0 Å². The molecule has 2 rings (SSSR count). The smallest absolute Gasteiger partial charge is 0.119 e. The third-order valence-corrected chi connectivity index (χ3v) is 4.60. The molecule has 1 nitrogen and oxygen atoms in total. The highest BCUT2D eigenvalue weighted by Gasteiger charge is 2.23. The van der Waals surface area contributed by atoms with Crippen molar-refractivity contribution in [3.05, 3.63) is 71.3 Å². The molecule has 1 heteroatoms. The van der Waals surface area contributed by atoms with Crippen LogP contribution in [0.5, 0.6) is 5.75 Å². The van der Waals surface area contributed by atoms with Gasteiger partial charge in [-0.1, -0.05) is 75.2 Å². The second-order valence-corrected chi connectivity index (χ2v) is 6.44. The Morgan fingerprint density at radius 2 is 1.87 bits per heavy atom. The van der Waals surface area contributed by atoms with E-state index in [0.29, 0.717) is 0 Å². The standard InChI is InChI=1S/C22H28O/c1-5-6-15-22(3,20-12-9-13-21(17-20)23-4)16-14-19-11-8-7-10-18(19)2/h7-14,16-17H,5-6,15H2,1-4H3/b16-14+/t22-/m0/s1. The van der Waals surface area contributed by atoms with E-state index in [1.807, 2.05) is 6.07 Å². The number of unbranched alkanes of at least 4 members (excludes halogenated alkanes) is 1. The van der Waals surface area contributed by atoms with Gasteiger partial charge in [-0.2, -0.15) is 0 Å². The predicted octanol–water partition coefficient (Wildman–Crippen LogP) is 6.16. The van der Waals surface area contributed by atoms with Crippen molar-refractivity contribution in [3.63, 3.8) is 0 Å². The quantitative estimate of drug-likeness (QED) is 0.594. The predicted molar refractivity (Wildman–Crippen MR) is 100 cm³/mol. The van der Waals surface area contributed by atoms with Crippen LogP contribution in [0.4, 0.5) is 0 Å². The van der Waals surface area contributed by atoms with E-state index in [4.69, 9.17) is 4.74 Å². The van der Waals surface area contributed by atoms with Gasteiger partial charge in [0.25, 0.3) is 0 Å². The van der Waals surface area contributed by atoms with Gasteiger partial charge in [-0.15, -0.1) is 0 Å². The molecule has 23 heavy (non-hydrogen) atoms. The molecule has 0 amide bonds. The Balaban J connectivity index is 2.36. The van der Waals surface area contributed by atoms with Gasteiger partial charge in [0, 0.05) is 5.41 Å². The zero-order chi connectivity index (χ0) is 16.7. The largest absolute Gasteiger partial charge is 0.497 e. The molecule has 0 bridgehead atoms. The monoisotopic (exact) mass is 308 g/mol. The lowest BCUT2D eigenvalue weighted by Crippen LogP contribution is -2.19. The highest BCUT2D eigenvalue weighted by atomic mass is 16.5. The molecule has 0 aromatic heterocycles. The number of methoxy groups -OCH3 is 1. The van der Waals surface area contributed by atoms with Crippen LogP contribution in [-0.2, 0) is 5.41 Å². The second-order valence-electron chi connectivity index (χ2n) is 6.44. The topological polar surface area (TPSA) is 9.23 Å². The zero-order valence-corrected chi connectivity index (χ0v) is 14.8. The lowest BCUT2D eigenvalue weighted by Gasteiger charge is -2.27. The molecule has 2 aromatic rings. The van der Waals surface area contributed by atoms with Crippen LogP contribution in [0.2, 0.25) is 0 Å². The van der Waals surface area contributed by atoms with Gasteiger partial charge in [-0.05, 0) is 42.2 Å². The van der Waals surface area contributed by atoms with Crippen LogP contribution in [0.3, 0.4) is 0 Å². The van der Waals surface area contributed by atoms with E-state index in [0.717, 1.165) is 12.2 Å². The summed E-state index contributed by atoms with van der Waals surface area (Å²) in [4.78, 5) is 0. The van der Waals surface area contributed by atoms with E-state index in [1.54, 1.807) is 7.11 Å². The Bertz CT molecular complexity index is 657. The SMILES string of the molecule is CCCC[C@@](C)(/C=C/c1ccccc1C)c1cccc(OC)c1. The minimum atomic E-state index is 0.0207. The molecule has 0 heterocycles. The van der Waals surface area contributed by atoms with Crippen LogP contribution < -0.4 is 4.74 Å². The maximum atomic E-state index is 5.41. The summed E-state index contributed by atoms with van der Waals surface area (Å²) < 4.78 is 5.41. The van der Waals surface area contributed by atoms with Crippen LogP contribution >= 0.6 is 0 Å². The van der Waals surface area contributed by atoms with Crippen molar-refractivity contribution in [2.75, 3.05) is 7.11 Å². The zero-order valence-electron chi connectivity index (χ0n) is 14.8. The van der Waals surface area contributed by atoms with E-state index in [1.165, 1.54) is 29.5 Å². The molecule has 0 spiro atoms. The summed E-state index contributed by atoms with van der Waals surface area (Å²) in [6, 6.07) is 17.0. The molecular weight excluding hydrogens is 280 g/mol. The third kappa shape index (κ3) is 4.48. The Kier molecular flexibility index (Phi) is 6.04. The summed E-state index contributed by atoms with van der Waals surface area (Å²) >= 11 is 0. The molecule has 0 aliphatic heterocycles. The molecule has 0 aliphatic rings. The van der Waals surface area contributed by atoms with Crippen molar-refractivity contribution in [2.24, 2.45) is 0 Å². The number of ether oxygens (including phenoxy) is 1. The first kappa shape index (κ1) is 17.3. The highest BCUT2D eigenvalue weighted by molar-refractivity contribution is 5.56. The van der Waals surface area contributed by atoms with Crippen molar-refractivity contribution < 1.29 is 4.74 Å². The number of hydrogen-bond acceptors (Lipinski definition) is 1. The molecule has 0 saturated heterocycles. The fourth-order valence-corrected chi connectivity index (χ4v) is 2.89. The van der Waals surface area contributed by atoms with E-state index >= 15 is 0 Å². The lowest BCUT2D eigenvalue weighted by molar-refractivity contribution is 0.412. The molecule has 0 fully saturated rings. The van der Waals surface area contributed by atoms with Crippen molar-refractivity contribution in [3.8, 4) is 5.75 Å². The van der Waals surface area contributed by atoms with Crippen LogP contribution in [0.1, 0.15) is 49.8 Å². The Hall–Kier alpha value is -2.02. The van der Waals surface area contributed by atoms with Crippen LogP contribution in [0, 0.1) is 6.92 Å². The van der Waals surface area contributed by atoms with Gasteiger partial charge in [-0.25, -0.2) is 0 Å². The van der Waals surface area contributed by atoms with Crippen LogP contribution in [0.25, 0.3) is 6.08 Å². The number of allylic oxidation sites excluding steroid dienone is 1. The summed E-state index contributed by atoms with van der Waals surface area (Å²) in [7, 11) is 1.73. The summed E-state index contributed by atoms with van der Waals surface area (Å²) in [6.07, 6.45) is 8.19. The first-order valence-electron chi connectivity index (χ1n) is 8.48. The Labute approximate surface area is 141 Å².